The summed E-state index contributed by atoms with van der Waals surface area (Å²) in [5.41, 5.74) is 4.15. The predicted octanol–water partition coefficient (Wildman–Crippen LogP) is 3.17. The van der Waals surface area contributed by atoms with E-state index >= 15 is 0 Å². The summed E-state index contributed by atoms with van der Waals surface area (Å²) in [6, 6.07) is 9.93. The Bertz CT molecular complexity index is 456. The van der Waals surface area contributed by atoms with E-state index in [1.54, 1.807) is 0 Å². The summed E-state index contributed by atoms with van der Waals surface area (Å²) in [5, 5.41) is 1.52. The van der Waals surface area contributed by atoms with E-state index in [1.165, 1.54) is 40.8 Å². The zero-order valence-electron chi connectivity index (χ0n) is 9.41. The molecule has 1 aromatic carbocycles. The van der Waals surface area contributed by atoms with Crippen molar-refractivity contribution < 1.29 is 4.43 Å². The van der Waals surface area contributed by atoms with Crippen LogP contribution in [0.2, 0.25) is 6.04 Å². The van der Waals surface area contributed by atoms with Crippen molar-refractivity contribution >= 4 is 19.8 Å². The molecule has 16 heavy (non-hydrogen) atoms. The molecule has 1 aromatic rings. The molecule has 0 aromatic heterocycles. The van der Waals surface area contributed by atoms with Crippen molar-refractivity contribution in [3.05, 3.63) is 48.0 Å². The highest BCUT2D eigenvalue weighted by molar-refractivity contribution is 6.77. The molecule has 1 aliphatic heterocycles. The van der Waals surface area contributed by atoms with E-state index in [0.717, 1.165) is 6.61 Å². The van der Waals surface area contributed by atoms with Gasteiger partial charge in [-0.3, -0.25) is 0 Å². The van der Waals surface area contributed by atoms with Crippen molar-refractivity contribution in [2.24, 2.45) is 0 Å². The first-order valence-electron chi connectivity index (χ1n) is 6.00. The van der Waals surface area contributed by atoms with E-state index in [0.29, 0.717) is 0 Å². The standard InChI is InChI=1S/C14H16OSi/c1-2-11-12-7-3-4-8-13(12)14(11)16-10-6-5-9-15-16/h2-4,7-8,16H,1,5-6,9-10H2. The summed E-state index contributed by atoms with van der Waals surface area (Å²) in [6.07, 6.45) is 4.58. The van der Waals surface area contributed by atoms with Gasteiger partial charge in [0.05, 0.1) is 0 Å². The lowest BCUT2D eigenvalue weighted by Gasteiger charge is -2.33. The summed E-state index contributed by atoms with van der Waals surface area (Å²) in [5.74, 6) is 0. The van der Waals surface area contributed by atoms with E-state index in [-0.39, 0.29) is 0 Å². The molecule has 1 heterocycles. The molecule has 1 unspecified atom stereocenters. The molecule has 82 valence electrons. The fourth-order valence-electron chi connectivity index (χ4n) is 2.72. The summed E-state index contributed by atoms with van der Waals surface area (Å²) < 4.78 is 6.00. The van der Waals surface area contributed by atoms with Crippen LogP contribution in [-0.4, -0.2) is 15.6 Å². The highest BCUT2D eigenvalue weighted by Crippen LogP contribution is 2.44. The molecular weight excluding hydrogens is 212 g/mol. The Labute approximate surface area is 98.2 Å². The molecule has 1 fully saturated rings. The van der Waals surface area contributed by atoms with Crippen LogP contribution in [0.15, 0.2) is 36.9 Å². The lowest BCUT2D eigenvalue weighted by Crippen LogP contribution is -2.29. The van der Waals surface area contributed by atoms with Crippen molar-refractivity contribution in [2.45, 2.75) is 18.9 Å². The number of allylic oxidation sites excluding steroid dienone is 2. The maximum Gasteiger partial charge on any atom is 0.209 e. The summed E-state index contributed by atoms with van der Waals surface area (Å²) in [6.45, 7) is 4.90. The van der Waals surface area contributed by atoms with Crippen LogP contribution < -0.4 is 0 Å². The third-order valence-corrected chi connectivity index (χ3v) is 6.34. The highest BCUT2D eigenvalue weighted by atomic mass is 28.3. The molecule has 1 aliphatic carbocycles. The molecule has 3 rings (SSSR count). The van der Waals surface area contributed by atoms with Crippen LogP contribution in [-0.2, 0) is 4.43 Å². The predicted molar refractivity (Wildman–Crippen MR) is 70.6 cm³/mol. The van der Waals surface area contributed by atoms with Crippen LogP contribution in [0.4, 0.5) is 0 Å². The number of fused-ring (bicyclic) bond motifs is 1. The van der Waals surface area contributed by atoms with E-state index in [1.807, 2.05) is 6.08 Å². The Morgan fingerprint density at radius 2 is 2.00 bits per heavy atom. The first kappa shape index (κ1) is 10.1. The first-order chi connectivity index (χ1) is 7.92. The second kappa shape index (κ2) is 4.04. The van der Waals surface area contributed by atoms with Crippen molar-refractivity contribution in [3.8, 4) is 0 Å². The Balaban J connectivity index is 1.97. The zero-order chi connectivity index (χ0) is 11.0. The highest BCUT2D eigenvalue weighted by Gasteiger charge is 2.32. The largest absolute Gasteiger partial charge is 0.415 e. The number of benzene rings is 1. The molecule has 0 spiro atoms. The van der Waals surface area contributed by atoms with Crippen molar-refractivity contribution in [3.63, 3.8) is 0 Å². The van der Waals surface area contributed by atoms with Gasteiger partial charge in [-0.25, -0.2) is 0 Å². The molecular formula is C14H16OSi. The minimum atomic E-state index is -1.14. The van der Waals surface area contributed by atoms with Gasteiger partial charge >= 0.3 is 0 Å². The average molecular weight is 228 g/mol. The van der Waals surface area contributed by atoms with E-state index < -0.39 is 9.04 Å². The van der Waals surface area contributed by atoms with Crippen LogP contribution >= 0.6 is 0 Å². The van der Waals surface area contributed by atoms with E-state index in [4.69, 9.17) is 4.43 Å². The SMILES string of the molecule is C=CC1=C([SiH]2CCCCO2)c2ccccc21. The van der Waals surface area contributed by atoms with Gasteiger partial charge in [0.1, 0.15) is 0 Å². The quantitative estimate of drug-likeness (QED) is 0.706. The minimum absolute atomic E-state index is 0.965. The van der Waals surface area contributed by atoms with Gasteiger partial charge in [0.15, 0.2) is 0 Å². The van der Waals surface area contributed by atoms with Gasteiger partial charge in [0.2, 0.25) is 9.04 Å². The van der Waals surface area contributed by atoms with Crippen molar-refractivity contribution in [2.75, 3.05) is 6.61 Å². The van der Waals surface area contributed by atoms with Crippen LogP contribution in [0, 0.1) is 0 Å². The maximum absolute atomic E-state index is 6.00. The summed E-state index contributed by atoms with van der Waals surface area (Å²) >= 11 is 0. The average Bonchev–Trinajstić information content (AvgIpc) is 2.33. The zero-order valence-corrected chi connectivity index (χ0v) is 10.6. The Morgan fingerprint density at radius 3 is 2.69 bits per heavy atom. The van der Waals surface area contributed by atoms with Gasteiger partial charge in [-0.2, -0.15) is 0 Å². The van der Waals surface area contributed by atoms with Gasteiger partial charge in [0, 0.05) is 6.61 Å². The molecule has 2 heteroatoms. The van der Waals surface area contributed by atoms with Crippen LogP contribution in [0.1, 0.15) is 24.0 Å². The molecule has 0 amide bonds. The third kappa shape index (κ3) is 1.41. The maximum atomic E-state index is 6.00. The van der Waals surface area contributed by atoms with Crippen LogP contribution in [0.25, 0.3) is 10.8 Å². The molecule has 1 atom stereocenters. The number of rotatable bonds is 2. The Kier molecular flexibility index (Phi) is 2.54. The second-order valence-electron chi connectivity index (χ2n) is 4.43. The molecule has 0 radical (unpaired) electrons. The molecule has 2 aliphatic rings. The van der Waals surface area contributed by atoms with Crippen molar-refractivity contribution in [1.82, 2.24) is 0 Å². The van der Waals surface area contributed by atoms with Gasteiger partial charge in [0.25, 0.3) is 0 Å². The van der Waals surface area contributed by atoms with Gasteiger partial charge in [-0.05, 0) is 34.4 Å². The Morgan fingerprint density at radius 1 is 1.19 bits per heavy atom. The monoisotopic (exact) mass is 228 g/mol. The smallest absolute Gasteiger partial charge is 0.209 e. The minimum Gasteiger partial charge on any atom is -0.415 e. The van der Waals surface area contributed by atoms with Crippen LogP contribution in [0.5, 0.6) is 0 Å². The first-order valence-corrected chi connectivity index (χ1v) is 7.86. The van der Waals surface area contributed by atoms with Gasteiger partial charge in [-0.15, -0.1) is 0 Å². The topological polar surface area (TPSA) is 9.23 Å². The van der Waals surface area contributed by atoms with Crippen LogP contribution in [0.3, 0.4) is 0 Å². The van der Waals surface area contributed by atoms with E-state index in [2.05, 4.69) is 30.8 Å². The normalized spacial score (nSPS) is 23.6. The lowest BCUT2D eigenvalue weighted by molar-refractivity contribution is 0.295. The van der Waals surface area contributed by atoms with Gasteiger partial charge < -0.3 is 4.43 Å². The molecule has 0 N–H and O–H groups in total. The molecule has 1 saturated heterocycles. The molecule has 0 saturated carbocycles. The fraction of sp³-hybridized carbons (Fsp3) is 0.286. The summed E-state index contributed by atoms with van der Waals surface area (Å²) in [7, 11) is -1.14. The third-order valence-electron chi connectivity index (χ3n) is 3.50. The Hall–Kier alpha value is -1.12. The van der Waals surface area contributed by atoms with Crippen molar-refractivity contribution in [1.29, 1.82) is 0 Å². The number of hydrogen-bond donors (Lipinski definition) is 0. The summed E-state index contributed by atoms with van der Waals surface area (Å²) in [4.78, 5) is 0. The fourth-order valence-corrected chi connectivity index (χ4v) is 5.67. The van der Waals surface area contributed by atoms with E-state index in [9.17, 15) is 0 Å². The second-order valence-corrected chi connectivity index (χ2v) is 6.90. The number of hydrogen-bond acceptors (Lipinski definition) is 1. The molecule has 0 bridgehead atoms. The lowest BCUT2D eigenvalue weighted by atomic mass is 9.88. The molecule has 1 nitrogen and oxygen atoms in total. The van der Waals surface area contributed by atoms with Gasteiger partial charge in [-0.1, -0.05) is 43.3 Å².